The van der Waals surface area contributed by atoms with Gasteiger partial charge in [0.1, 0.15) is 0 Å². The van der Waals surface area contributed by atoms with Crippen molar-refractivity contribution >= 4 is 0 Å². The summed E-state index contributed by atoms with van der Waals surface area (Å²) in [5, 5.41) is 0. The molecule has 1 aliphatic heterocycles. The summed E-state index contributed by atoms with van der Waals surface area (Å²) in [6.07, 6.45) is 13.1. The molecule has 240 valence electrons. The van der Waals surface area contributed by atoms with Gasteiger partial charge in [-0.25, -0.2) is 0 Å². The van der Waals surface area contributed by atoms with Crippen LogP contribution in [0.4, 0.5) is 0 Å². The summed E-state index contributed by atoms with van der Waals surface area (Å²) >= 11 is 0. The molecule has 1 nitrogen and oxygen atoms in total. The van der Waals surface area contributed by atoms with Crippen molar-refractivity contribution in [2.24, 2.45) is 57.2 Å². The van der Waals surface area contributed by atoms with Gasteiger partial charge >= 0.3 is 0 Å². The number of rotatable bonds is 1. The highest BCUT2D eigenvalue weighted by Crippen LogP contribution is 2.46. The lowest BCUT2D eigenvalue weighted by molar-refractivity contribution is 0.0830. The fourth-order valence-corrected chi connectivity index (χ4v) is 7.46. The minimum Gasteiger partial charge on any atom is -0.298 e. The van der Waals surface area contributed by atoms with E-state index in [1.54, 1.807) is 0 Å². The Kier molecular flexibility index (Phi) is 13.9. The highest BCUT2D eigenvalue weighted by molar-refractivity contribution is 4.89. The van der Waals surface area contributed by atoms with Gasteiger partial charge in [-0.15, -0.1) is 0 Å². The van der Waals surface area contributed by atoms with Crippen molar-refractivity contribution in [1.82, 2.24) is 4.90 Å². The SMILES string of the molecule is CC(C)(C)C1CCCC(C(C)(C)C)C1.CC(C)(C)C1CCN(C(C)(C)C)C1.CC(C)C1CCCC(C(C)(C)C)C1. The van der Waals surface area contributed by atoms with Crippen LogP contribution in [0.3, 0.4) is 0 Å². The van der Waals surface area contributed by atoms with E-state index in [-0.39, 0.29) is 0 Å². The van der Waals surface area contributed by atoms with Gasteiger partial charge < -0.3 is 0 Å². The van der Waals surface area contributed by atoms with Crippen LogP contribution in [0.1, 0.15) is 175 Å². The summed E-state index contributed by atoms with van der Waals surface area (Å²) in [5.74, 6) is 5.63. The van der Waals surface area contributed by atoms with Gasteiger partial charge in [-0.1, -0.05) is 116 Å². The van der Waals surface area contributed by atoms with Gasteiger partial charge in [0.05, 0.1) is 0 Å². The van der Waals surface area contributed by atoms with Gasteiger partial charge in [-0.05, 0) is 123 Å². The lowest BCUT2D eigenvalue weighted by atomic mass is 9.63. The minimum atomic E-state index is 0.361. The highest BCUT2D eigenvalue weighted by atomic mass is 15.2. The second-order valence-electron chi connectivity index (χ2n) is 20.0. The molecule has 5 unspecified atom stereocenters. The monoisotopic (exact) mass is 562 g/mol. The average molecular weight is 562 g/mol. The van der Waals surface area contributed by atoms with Crippen molar-refractivity contribution in [3.05, 3.63) is 0 Å². The fourth-order valence-electron chi connectivity index (χ4n) is 7.46. The van der Waals surface area contributed by atoms with Crippen molar-refractivity contribution in [2.75, 3.05) is 13.1 Å². The Labute approximate surface area is 255 Å². The van der Waals surface area contributed by atoms with Gasteiger partial charge in [0.2, 0.25) is 0 Å². The topological polar surface area (TPSA) is 3.24 Å². The molecule has 1 saturated heterocycles. The van der Waals surface area contributed by atoms with Crippen LogP contribution in [0, 0.1) is 57.2 Å². The van der Waals surface area contributed by atoms with E-state index in [4.69, 9.17) is 0 Å². The Morgan fingerprint density at radius 1 is 0.475 bits per heavy atom. The van der Waals surface area contributed by atoms with E-state index in [0.29, 0.717) is 27.2 Å². The summed E-state index contributed by atoms with van der Waals surface area (Å²) < 4.78 is 0. The normalized spacial score (nSPS) is 29.4. The van der Waals surface area contributed by atoms with Crippen molar-refractivity contribution in [2.45, 2.75) is 181 Å². The van der Waals surface area contributed by atoms with E-state index in [2.05, 4.69) is 123 Å². The predicted molar refractivity (Wildman–Crippen MR) is 183 cm³/mol. The zero-order valence-corrected chi connectivity index (χ0v) is 31.2. The smallest absolute Gasteiger partial charge is 0.0125 e. The van der Waals surface area contributed by atoms with E-state index in [9.17, 15) is 0 Å². The van der Waals surface area contributed by atoms with E-state index in [1.165, 1.54) is 70.9 Å². The maximum atomic E-state index is 2.61. The number of nitrogens with zero attached hydrogens (tertiary/aromatic N) is 1. The lowest BCUT2D eigenvalue weighted by Crippen LogP contribution is -2.40. The molecule has 0 bridgehead atoms. The van der Waals surface area contributed by atoms with Crippen LogP contribution in [0.15, 0.2) is 0 Å². The third kappa shape index (κ3) is 13.1. The molecule has 1 heteroatoms. The molecule has 0 amide bonds. The van der Waals surface area contributed by atoms with Crippen LogP contribution in [0.2, 0.25) is 0 Å². The summed E-state index contributed by atoms with van der Waals surface area (Å²) in [5.41, 5.74) is 2.42. The molecule has 0 aromatic heterocycles. The average Bonchev–Trinajstić information content (AvgIpc) is 3.30. The first-order chi connectivity index (χ1) is 17.8. The summed E-state index contributed by atoms with van der Waals surface area (Å²) in [6.45, 7) is 43.0. The second kappa shape index (κ2) is 14.6. The molecule has 2 saturated carbocycles. The Morgan fingerprint density at radius 3 is 1.15 bits per heavy atom. The molecule has 1 heterocycles. The Hall–Kier alpha value is -0.0400. The molecule has 0 radical (unpaired) electrons. The zero-order chi connectivity index (χ0) is 31.3. The van der Waals surface area contributed by atoms with Gasteiger partial charge in [-0.2, -0.15) is 0 Å². The third-order valence-corrected chi connectivity index (χ3v) is 11.4. The number of likely N-dealkylation sites (tertiary alicyclic amines) is 1. The van der Waals surface area contributed by atoms with Crippen LogP contribution in [-0.4, -0.2) is 23.5 Å². The first-order valence-corrected chi connectivity index (χ1v) is 17.6. The highest BCUT2D eigenvalue weighted by Gasteiger charge is 2.37. The van der Waals surface area contributed by atoms with Crippen molar-refractivity contribution in [3.63, 3.8) is 0 Å². The van der Waals surface area contributed by atoms with Crippen molar-refractivity contribution < 1.29 is 0 Å². The standard InChI is InChI=1S/C14H28.C13H26.C12H25N/c1-13(2,3)11-8-7-9-12(10-11)14(4,5)6;1-10(2)11-7-6-8-12(9-11)13(3,4)5;1-11(2,3)10-7-8-13(9-10)12(4,5)6/h11-12H,7-10H2,1-6H3;10-12H,6-9H2,1-5H3;10H,7-9H2,1-6H3. The van der Waals surface area contributed by atoms with Crippen LogP contribution >= 0.6 is 0 Å². The van der Waals surface area contributed by atoms with Gasteiger partial charge in [0.25, 0.3) is 0 Å². The van der Waals surface area contributed by atoms with Crippen LogP contribution < -0.4 is 0 Å². The van der Waals surface area contributed by atoms with Gasteiger partial charge in [0.15, 0.2) is 0 Å². The van der Waals surface area contributed by atoms with Crippen molar-refractivity contribution in [3.8, 4) is 0 Å². The van der Waals surface area contributed by atoms with Gasteiger partial charge in [0, 0.05) is 12.1 Å². The largest absolute Gasteiger partial charge is 0.298 e. The maximum absolute atomic E-state index is 2.61. The molecule has 0 N–H and O–H groups in total. The summed E-state index contributed by atoms with van der Waals surface area (Å²) in [7, 11) is 0. The minimum absolute atomic E-state index is 0.361. The summed E-state index contributed by atoms with van der Waals surface area (Å²) in [6, 6.07) is 0. The van der Waals surface area contributed by atoms with E-state index >= 15 is 0 Å². The molecule has 3 rings (SSSR count). The first-order valence-electron chi connectivity index (χ1n) is 17.6. The zero-order valence-electron chi connectivity index (χ0n) is 31.2. The quantitative estimate of drug-likeness (QED) is 0.308. The van der Waals surface area contributed by atoms with E-state index in [1.807, 2.05) is 0 Å². The Balaban J connectivity index is 0.000000300. The van der Waals surface area contributed by atoms with Gasteiger partial charge in [-0.3, -0.25) is 4.90 Å². The predicted octanol–water partition coefficient (Wildman–Crippen LogP) is 12.5. The van der Waals surface area contributed by atoms with Crippen LogP contribution in [-0.2, 0) is 0 Å². The number of hydrogen-bond acceptors (Lipinski definition) is 1. The molecule has 3 fully saturated rings. The Bertz CT molecular complexity index is 656. The Morgan fingerprint density at radius 2 is 0.850 bits per heavy atom. The fraction of sp³-hybridized carbons (Fsp3) is 1.00. The van der Waals surface area contributed by atoms with Crippen LogP contribution in [0.5, 0.6) is 0 Å². The van der Waals surface area contributed by atoms with E-state index < -0.39 is 0 Å². The molecule has 2 aliphatic carbocycles. The second-order valence-corrected chi connectivity index (χ2v) is 20.0. The molecule has 40 heavy (non-hydrogen) atoms. The molecule has 3 aliphatic rings. The molecular formula is C39H79N. The molecular weight excluding hydrogens is 482 g/mol. The van der Waals surface area contributed by atoms with E-state index in [0.717, 1.165) is 35.5 Å². The maximum Gasteiger partial charge on any atom is 0.0125 e. The molecule has 0 spiro atoms. The first kappa shape index (κ1) is 38.0. The molecule has 0 aromatic rings. The van der Waals surface area contributed by atoms with Crippen LogP contribution in [0.25, 0.3) is 0 Å². The van der Waals surface area contributed by atoms with Crippen molar-refractivity contribution in [1.29, 1.82) is 0 Å². The lowest BCUT2D eigenvalue weighted by Gasteiger charge is -2.42. The third-order valence-electron chi connectivity index (χ3n) is 11.4. The summed E-state index contributed by atoms with van der Waals surface area (Å²) in [4.78, 5) is 2.61. The molecule has 5 atom stereocenters. The molecule has 0 aromatic carbocycles. The number of hydrogen-bond donors (Lipinski definition) is 0.